The van der Waals surface area contributed by atoms with Crippen molar-refractivity contribution in [2.45, 2.75) is 210 Å². The van der Waals surface area contributed by atoms with Gasteiger partial charge in [0.05, 0.1) is 38.9 Å². The van der Waals surface area contributed by atoms with Crippen molar-refractivity contribution in [3.05, 3.63) is 65.7 Å². The molecule has 1 heterocycles. The van der Waals surface area contributed by atoms with Crippen LogP contribution in [0.2, 0.25) is 0 Å². The molecule has 1 fully saturated rings. The van der Waals surface area contributed by atoms with E-state index in [-0.39, 0.29) is 22.9 Å². The van der Waals surface area contributed by atoms with Crippen molar-refractivity contribution in [1.82, 2.24) is 0 Å². The number of unbranched alkanes of at least 4 members (excludes halogenated alkanes) is 25. The summed E-state index contributed by atoms with van der Waals surface area (Å²) in [5.41, 5.74) is 1.98. The third-order valence-corrected chi connectivity index (χ3v) is 16.9. The number of hydrogen-bond acceptors (Lipinski definition) is 9. The van der Waals surface area contributed by atoms with E-state index in [0.717, 1.165) is 53.4 Å². The van der Waals surface area contributed by atoms with E-state index >= 15 is 0 Å². The van der Waals surface area contributed by atoms with Crippen LogP contribution in [0.5, 0.6) is 17.2 Å². The number of phosphoric acid groups is 1. The van der Waals surface area contributed by atoms with Gasteiger partial charge in [0, 0.05) is 17.4 Å². The number of benzene rings is 2. The lowest BCUT2D eigenvalue weighted by atomic mass is 10.0. The number of likely N-dealkylation sites (N-methyl/N-ethyl adjacent to an activating group) is 1. The lowest BCUT2D eigenvalue weighted by molar-refractivity contribution is -0.870. The van der Waals surface area contributed by atoms with Crippen LogP contribution in [0.1, 0.15) is 217 Å². The van der Waals surface area contributed by atoms with Gasteiger partial charge in [-0.25, -0.2) is 0 Å². The van der Waals surface area contributed by atoms with E-state index < -0.39 is 13.9 Å². The Morgan fingerprint density at radius 1 is 0.627 bits per heavy atom. The van der Waals surface area contributed by atoms with Crippen LogP contribution in [0.4, 0.5) is 0 Å². The van der Waals surface area contributed by atoms with Crippen LogP contribution in [-0.4, -0.2) is 73.2 Å². The maximum atomic E-state index is 12.4. The molecule has 11 heteroatoms. The zero-order chi connectivity index (χ0) is 48.3. The summed E-state index contributed by atoms with van der Waals surface area (Å²) in [5, 5.41) is 11.7. The molecule has 0 spiro atoms. The number of phosphoric ester groups is 1. The molecular formula is C56H96NO7PS2. The molecule has 384 valence electrons. The molecule has 0 saturated carbocycles. The van der Waals surface area contributed by atoms with Crippen molar-refractivity contribution >= 4 is 31.3 Å². The Bertz CT molecular complexity index is 1580. The van der Waals surface area contributed by atoms with Gasteiger partial charge < -0.3 is 33.0 Å². The monoisotopic (exact) mass is 990 g/mol. The molecule has 2 aromatic carbocycles. The number of nitrogens with zero attached hydrogens (tertiary/aromatic N) is 1. The van der Waals surface area contributed by atoms with Crippen molar-refractivity contribution in [2.75, 3.05) is 59.0 Å². The van der Waals surface area contributed by atoms with E-state index in [0.29, 0.717) is 24.2 Å². The molecule has 0 aromatic heterocycles. The van der Waals surface area contributed by atoms with E-state index in [9.17, 15) is 14.6 Å². The molecular weight excluding hydrogens is 894 g/mol. The average molecular weight is 990 g/mol. The average Bonchev–Trinajstić information content (AvgIpc) is 3.31. The summed E-state index contributed by atoms with van der Waals surface area (Å²) in [4.78, 5) is 12.4. The van der Waals surface area contributed by atoms with Gasteiger partial charge in [0.2, 0.25) is 0 Å². The number of quaternary nitrogens is 1. The van der Waals surface area contributed by atoms with Gasteiger partial charge >= 0.3 is 7.82 Å². The first-order chi connectivity index (χ1) is 32.5. The Kier molecular flexibility index (Phi) is 33.1. The zero-order valence-corrected chi connectivity index (χ0v) is 45.6. The fraction of sp³-hybridized carbons (Fsp3) is 0.750. The van der Waals surface area contributed by atoms with E-state index in [1.807, 2.05) is 51.5 Å². The predicted octanol–water partition coefficient (Wildman–Crippen LogP) is 16.2. The molecule has 3 rings (SSSR count). The van der Waals surface area contributed by atoms with E-state index in [1.54, 1.807) is 35.7 Å². The van der Waals surface area contributed by atoms with E-state index in [1.165, 1.54) is 161 Å². The zero-order valence-electron chi connectivity index (χ0n) is 43.1. The summed E-state index contributed by atoms with van der Waals surface area (Å²) < 4.78 is 36.1. The highest BCUT2D eigenvalue weighted by Crippen LogP contribution is 2.46. The minimum Gasteiger partial charge on any atom is -0.746 e. The van der Waals surface area contributed by atoms with Gasteiger partial charge in [-0.3, -0.25) is 4.57 Å². The van der Waals surface area contributed by atoms with Crippen LogP contribution < -0.4 is 18.9 Å². The molecule has 1 N–H and O–H groups in total. The summed E-state index contributed by atoms with van der Waals surface area (Å²) >= 11 is 3.54. The first kappa shape index (κ1) is 59.7. The topological polar surface area (TPSA) is 97.3 Å². The molecule has 0 aliphatic carbocycles. The third-order valence-electron chi connectivity index (χ3n) is 12.7. The summed E-state index contributed by atoms with van der Waals surface area (Å²) in [5.74, 6) is 3.73. The van der Waals surface area contributed by atoms with Gasteiger partial charge in [-0.1, -0.05) is 185 Å². The summed E-state index contributed by atoms with van der Waals surface area (Å²) in [6, 6.07) is 13.3. The lowest BCUT2D eigenvalue weighted by Crippen LogP contribution is -2.37. The maximum Gasteiger partial charge on any atom is 0.319 e. The highest BCUT2D eigenvalue weighted by Gasteiger charge is 2.30. The molecule has 0 radical (unpaired) electrons. The number of rotatable bonds is 42. The number of ether oxygens (including phenoxy) is 2. The second-order valence-corrected chi connectivity index (χ2v) is 24.1. The van der Waals surface area contributed by atoms with Gasteiger partial charge in [-0.05, 0) is 73.9 Å². The fourth-order valence-electron chi connectivity index (χ4n) is 8.38. The molecule has 1 aliphatic rings. The molecule has 2 unspecified atom stereocenters. The molecule has 2 atom stereocenters. The van der Waals surface area contributed by atoms with Gasteiger partial charge in [0.25, 0.3) is 0 Å². The second-order valence-electron chi connectivity index (χ2n) is 20.1. The van der Waals surface area contributed by atoms with Crippen molar-refractivity contribution in [3.63, 3.8) is 0 Å². The lowest BCUT2D eigenvalue weighted by Gasteiger charge is -2.31. The Morgan fingerprint density at radius 3 is 1.55 bits per heavy atom. The number of aliphatic hydroxyl groups is 1. The van der Waals surface area contributed by atoms with Gasteiger partial charge in [-0.2, -0.15) is 0 Å². The van der Waals surface area contributed by atoms with Crippen LogP contribution in [0.15, 0.2) is 54.6 Å². The van der Waals surface area contributed by atoms with E-state index in [2.05, 4.69) is 26.0 Å². The van der Waals surface area contributed by atoms with Crippen LogP contribution >= 0.6 is 31.3 Å². The van der Waals surface area contributed by atoms with Crippen LogP contribution in [0, 0.1) is 0 Å². The molecule has 67 heavy (non-hydrogen) atoms. The maximum absolute atomic E-state index is 12.4. The number of allylic oxidation sites excluding steroid dienone is 2. The number of aliphatic hydroxyl groups excluding tert-OH is 1. The van der Waals surface area contributed by atoms with Crippen LogP contribution in [0.3, 0.4) is 0 Å². The normalized spacial score (nSPS) is 16.9. The SMILES string of the molecule is CCCCCCCC/C=C/CCCCCCCCOc1cc(C(O)C2SCC(c3ccc(OP(=O)([O-])OCC[N+](C)(C)C)cc3)CS2)ccc1OCCCCCCCCCCCCCCCC. The quantitative estimate of drug-likeness (QED) is 0.0302. The molecule has 0 bridgehead atoms. The van der Waals surface area contributed by atoms with E-state index in [4.69, 9.17) is 18.5 Å². The Balaban J connectivity index is 1.43. The standard InChI is InChI=1S/C56H96NO7PS2/c1-6-8-10-12-14-16-18-20-22-23-25-27-29-31-33-35-44-62-54-46-50(38-41-53(54)61-43-34-32-30-28-26-24-21-19-17-15-13-11-9-7-2)55(58)56-66-47-51(48-67-56)49-36-39-52(40-37-49)64-65(59,60)63-45-42-57(3,4)5/h20,22,36-41,46,51,55-56,58H,6-19,21,23-35,42-45,47-48H2,1-5H3/b22-20+. The summed E-state index contributed by atoms with van der Waals surface area (Å²) in [6.45, 7) is 6.50. The smallest absolute Gasteiger partial charge is 0.319 e. The first-order valence-corrected chi connectivity index (χ1v) is 30.6. The molecule has 2 aromatic rings. The Morgan fingerprint density at radius 2 is 1.07 bits per heavy atom. The van der Waals surface area contributed by atoms with Crippen LogP contribution in [-0.2, 0) is 9.09 Å². The number of thioether (sulfide) groups is 2. The molecule has 1 aliphatic heterocycles. The minimum atomic E-state index is -4.46. The minimum absolute atomic E-state index is 0.0138. The fourth-order valence-corrected chi connectivity index (χ4v) is 12.3. The van der Waals surface area contributed by atoms with Crippen molar-refractivity contribution in [1.29, 1.82) is 0 Å². The highest BCUT2D eigenvalue weighted by atomic mass is 32.2. The summed E-state index contributed by atoms with van der Waals surface area (Å²) in [7, 11) is 1.47. The highest BCUT2D eigenvalue weighted by molar-refractivity contribution is 8.17. The van der Waals surface area contributed by atoms with Crippen LogP contribution in [0.25, 0.3) is 0 Å². The molecule has 1 saturated heterocycles. The first-order valence-electron chi connectivity index (χ1n) is 27.0. The van der Waals surface area contributed by atoms with Crippen molar-refractivity contribution in [2.24, 2.45) is 0 Å². The van der Waals surface area contributed by atoms with Gasteiger partial charge in [0.15, 0.2) is 11.5 Å². The van der Waals surface area contributed by atoms with Crippen molar-refractivity contribution in [3.8, 4) is 17.2 Å². The molecule has 0 amide bonds. The Hall–Kier alpha value is -1.65. The molecule has 8 nitrogen and oxygen atoms in total. The van der Waals surface area contributed by atoms with Gasteiger partial charge in [0.1, 0.15) is 25.0 Å². The van der Waals surface area contributed by atoms with Gasteiger partial charge in [-0.15, -0.1) is 23.5 Å². The number of hydrogen-bond donors (Lipinski definition) is 1. The predicted molar refractivity (Wildman–Crippen MR) is 287 cm³/mol. The third kappa shape index (κ3) is 29.3. The Labute approximate surface area is 419 Å². The second kappa shape index (κ2) is 37.2. The van der Waals surface area contributed by atoms with Crippen molar-refractivity contribution < 1.29 is 37.6 Å². The summed E-state index contributed by atoms with van der Waals surface area (Å²) in [6.07, 6.45) is 40.7. The largest absolute Gasteiger partial charge is 0.746 e.